The van der Waals surface area contributed by atoms with Crippen molar-refractivity contribution in [1.29, 1.82) is 0 Å². The summed E-state index contributed by atoms with van der Waals surface area (Å²) in [5.41, 5.74) is 9.68. The number of rotatable bonds is 5. The number of carbonyl (C=O) groups is 3. The van der Waals surface area contributed by atoms with E-state index in [4.69, 9.17) is 10.8 Å². The molecule has 0 atom stereocenters. The number of aliphatic carboxylic acids is 1. The number of unbranched alkanes of at least 4 members (excludes halogenated alkanes) is 1. The highest BCUT2D eigenvalue weighted by Crippen LogP contribution is 2.40. The molecule has 3 aromatic rings. The summed E-state index contributed by atoms with van der Waals surface area (Å²) in [6, 6.07) is 13.8. The van der Waals surface area contributed by atoms with Gasteiger partial charge < -0.3 is 21.1 Å². The minimum absolute atomic E-state index is 0.0613. The average molecular weight is 548 g/mol. The molecular formula is C33H41NO6. The second-order valence-corrected chi connectivity index (χ2v) is 8.99. The largest absolute Gasteiger partial charge is 0.504 e. The molecule has 0 saturated carbocycles. The summed E-state index contributed by atoms with van der Waals surface area (Å²) in [5, 5.41) is 28.0. The van der Waals surface area contributed by atoms with Crippen molar-refractivity contribution in [3.63, 3.8) is 0 Å². The fourth-order valence-electron chi connectivity index (χ4n) is 3.65. The molecular weight excluding hydrogens is 506 g/mol. The third-order valence-electron chi connectivity index (χ3n) is 5.95. The molecule has 3 aromatic carbocycles. The Morgan fingerprint density at radius 2 is 1.40 bits per heavy atom. The van der Waals surface area contributed by atoms with E-state index >= 15 is 0 Å². The Labute approximate surface area is 237 Å². The van der Waals surface area contributed by atoms with Crippen LogP contribution in [-0.4, -0.2) is 32.9 Å². The van der Waals surface area contributed by atoms with Crippen LogP contribution in [0.3, 0.4) is 0 Å². The zero-order valence-corrected chi connectivity index (χ0v) is 24.2. The summed E-state index contributed by atoms with van der Waals surface area (Å²) < 4.78 is 0. The number of carboxylic acid groups (broad SMARTS) is 1. The van der Waals surface area contributed by atoms with Crippen LogP contribution in [0.5, 0.6) is 11.5 Å². The van der Waals surface area contributed by atoms with Gasteiger partial charge in [-0.3, -0.25) is 14.4 Å². The maximum atomic E-state index is 12.3. The normalized spacial score (nSPS) is 11.2. The molecule has 1 aliphatic carbocycles. The molecule has 0 spiro atoms. The number of carboxylic acids is 1. The molecule has 0 aliphatic heterocycles. The van der Waals surface area contributed by atoms with Crippen molar-refractivity contribution in [2.75, 3.05) is 5.73 Å². The van der Waals surface area contributed by atoms with E-state index in [9.17, 15) is 24.6 Å². The van der Waals surface area contributed by atoms with Crippen LogP contribution in [0.1, 0.15) is 95.5 Å². The van der Waals surface area contributed by atoms with Gasteiger partial charge in [0.1, 0.15) is 0 Å². The predicted octanol–water partition coefficient (Wildman–Crippen LogP) is 7.16. The van der Waals surface area contributed by atoms with Gasteiger partial charge in [0, 0.05) is 22.4 Å². The molecule has 5 N–H and O–H groups in total. The molecule has 1 aliphatic rings. The van der Waals surface area contributed by atoms with Crippen molar-refractivity contribution >= 4 is 23.2 Å². The first-order chi connectivity index (χ1) is 19.0. The van der Waals surface area contributed by atoms with Gasteiger partial charge in [0.05, 0.1) is 12.0 Å². The summed E-state index contributed by atoms with van der Waals surface area (Å²) in [6.07, 6.45) is 6.85. The fourth-order valence-corrected chi connectivity index (χ4v) is 3.65. The van der Waals surface area contributed by atoms with E-state index in [1.165, 1.54) is 25.0 Å². The van der Waals surface area contributed by atoms with E-state index in [0.29, 0.717) is 17.5 Å². The number of allylic oxidation sites excluding steroid dienone is 1. The van der Waals surface area contributed by atoms with Gasteiger partial charge in [-0.2, -0.15) is 0 Å². The fraction of sp³-hybridized carbons (Fsp3) is 0.303. The predicted molar refractivity (Wildman–Crippen MR) is 160 cm³/mol. The molecule has 0 aromatic heterocycles. The van der Waals surface area contributed by atoms with Crippen molar-refractivity contribution in [2.45, 2.75) is 67.2 Å². The number of anilines is 1. The molecule has 7 heteroatoms. The molecule has 0 saturated heterocycles. The maximum absolute atomic E-state index is 12.3. The summed E-state index contributed by atoms with van der Waals surface area (Å²) >= 11 is 0. The van der Waals surface area contributed by atoms with Gasteiger partial charge >= 0.3 is 5.97 Å². The van der Waals surface area contributed by atoms with E-state index < -0.39 is 17.5 Å². The van der Waals surface area contributed by atoms with Gasteiger partial charge in [0.25, 0.3) is 0 Å². The summed E-state index contributed by atoms with van der Waals surface area (Å²) in [6.45, 7) is 11.9. The number of aryl methyl sites for hydroxylation is 2. The van der Waals surface area contributed by atoms with Crippen LogP contribution < -0.4 is 5.73 Å². The van der Waals surface area contributed by atoms with E-state index in [0.717, 1.165) is 16.8 Å². The van der Waals surface area contributed by atoms with E-state index in [-0.39, 0.29) is 34.6 Å². The van der Waals surface area contributed by atoms with Crippen molar-refractivity contribution in [2.24, 2.45) is 0 Å². The van der Waals surface area contributed by atoms with Crippen LogP contribution in [-0.2, 0) is 11.2 Å². The van der Waals surface area contributed by atoms with E-state index in [1.807, 2.05) is 45.0 Å². The number of hydrogen-bond acceptors (Lipinski definition) is 6. The zero-order valence-electron chi connectivity index (χ0n) is 24.2. The average Bonchev–Trinajstić information content (AvgIpc) is 2.95. The van der Waals surface area contributed by atoms with Crippen molar-refractivity contribution in [1.82, 2.24) is 0 Å². The summed E-state index contributed by atoms with van der Waals surface area (Å²) in [5.74, 6) is -2.47. The Morgan fingerprint density at radius 1 is 0.825 bits per heavy atom. The number of fused-ring (bicyclic) bond motifs is 2. The highest BCUT2D eigenvalue weighted by atomic mass is 16.4. The third kappa shape index (κ3) is 8.83. The topological polar surface area (TPSA) is 138 Å². The maximum Gasteiger partial charge on any atom is 0.307 e. The van der Waals surface area contributed by atoms with Crippen LogP contribution in [0.4, 0.5) is 5.69 Å². The second kappa shape index (κ2) is 16.5. The molecule has 0 amide bonds. The van der Waals surface area contributed by atoms with Crippen LogP contribution >= 0.6 is 0 Å². The standard InChI is InChI=1S/C15H10O4.C12H15NO2.C4H10.C2H6/c1-7-6-10-11(15(19)12(7)16)14(18)9-5-3-2-4-8(9)13(10)17;1-9-6-7-10(11(13)8-9)4-2-3-5-12(14)15;1-3-4-2;1-2/h2-6,16,19H,1H3;2-3,6-8H,4-5,13H2,1H3,(H,14,15);3-4H2,1-2H3;1-2H3. The number of benzene rings is 3. The highest BCUT2D eigenvalue weighted by molar-refractivity contribution is 6.29. The van der Waals surface area contributed by atoms with Crippen molar-refractivity contribution in [3.05, 3.63) is 99.6 Å². The molecule has 0 bridgehead atoms. The molecule has 214 valence electrons. The second-order valence-electron chi connectivity index (χ2n) is 8.99. The number of carbonyl (C=O) groups excluding carboxylic acids is 2. The highest BCUT2D eigenvalue weighted by Gasteiger charge is 2.33. The molecule has 0 heterocycles. The van der Waals surface area contributed by atoms with Crippen LogP contribution in [0.25, 0.3) is 0 Å². The third-order valence-corrected chi connectivity index (χ3v) is 5.95. The van der Waals surface area contributed by atoms with Crippen molar-refractivity contribution < 1.29 is 29.7 Å². The monoisotopic (exact) mass is 547 g/mol. The lowest BCUT2D eigenvalue weighted by Crippen LogP contribution is -2.21. The number of phenols is 2. The van der Waals surface area contributed by atoms with Gasteiger partial charge in [0.15, 0.2) is 23.1 Å². The van der Waals surface area contributed by atoms with Gasteiger partial charge in [-0.25, -0.2) is 0 Å². The lowest BCUT2D eigenvalue weighted by Gasteiger charge is -2.19. The smallest absolute Gasteiger partial charge is 0.307 e. The van der Waals surface area contributed by atoms with Gasteiger partial charge in [-0.15, -0.1) is 0 Å². The zero-order chi connectivity index (χ0) is 30.4. The molecule has 40 heavy (non-hydrogen) atoms. The Balaban J connectivity index is 0.000000342. The van der Waals surface area contributed by atoms with Gasteiger partial charge in [-0.05, 0) is 49.1 Å². The van der Waals surface area contributed by atoms with Gasteiger partial charge in [0.2, 0.25) is 0 Å². The number of nitrogen functional groups attached to an aromatic ring is 1. The molecule has 0 fully saturated rings. The van der Waals surface area contributed by atoms with E-state index in [2.05, 4.69) is 13.8 Å². The van der Waals surface area contributed by atoms with Gasteiger partial charge in [-0.1, -0.05) is 89.1 Å². The minimum Gasteiger partial charge on any atom is -0.504 e. The molecule has 7 nitrogen and oxygen atoms in total. The Morgan fingerprint density at radius 3 is 1.93 bits per heavy atom. The summed E-state index contributed by atoms with van der Waals surface area (Å²) in [4.78, 5) is 34.9. The summed E-state index contributed by atoms with van der Waals surface area (Å²) in [7, 11) is 0. The van der Waals surface area contributed by atoms with E-state index in [1.54, 1.807) is 31.2 Å². The molecule has 0 radical (unpaired) electrons. The van der Waals surface area contributed by atoms with Crippen LogP contribution in [0.15, 0.2) is 60.7 Å². The Bertz CT molecular complexity index is 1360. The van der Waals surface area contributed by atoms with Crippen molar-refractivity contribution in [3.8, 4) is 11.5 Å². The number of phenolic OH excluding ortho intramolecular Hbond substituents is 2. The first kappa shape index (κ1) is 33.6. The first-order valence-electron chi connectivity index (χ1n) is 13.5. The number of nitrogens with two attached hydrogens (primary N) is 1. The Hall–Kier alpha value is -4.39. The first-order valence-corrected chi connectivity index (χ1v) is 13.5. The number of aromatic hydroxyl groups is 2. The van der Waals surface area contributed by atoms with Crippen LogP contribution in [0, 0.1) is 13.8 Å². The number of ketones is 2. The number of hydrogen-bond donors (Lipinski definition) is 4. The molecule has 0 unspecified atom stereocenters. The lowest BCUT2D eigenvalue weighted by molar-refractivity contribution is -0.136. The van der Waals surface area contributed by atoms with Crippen LogP contribution in [0.2, 0.25) is 0 Å². The Kier molecular flexibility index (Phi) is 13.9. The molecule has 4 rings (SSSR count). The SMILES string of the molecule is CC.CCCC.Cc1cc2c(c(O)c1O)C(=O)c1ccccc1C2=O.Cc1ccc(CC=CCC(=O)O)c(N)c1. The quantitative estimate of drug-likeness (QED) is 0.118. The lowest BCUT2D eigenvalue weighted by atomic mass is 9.82. The minimum atomic E-state index is -0.817.